The van der Waals surface area contributed by atoms with Gasteiger partial charge in [0.15, 0.2) is 11.5 Å². The Hall–Kier alpha value is -4.21. The number of piperazine rings is 1. The zero-order valence-corrected chi connectivity index (χ0v) is 22.2. The molecule has 7 heteroatoms. The molecular weight excluding hydrogens is 498 g/mol. The molecule has 6 nitrogen and oxygen atoms in total. The Bertz CT molecular complexity index is 1360. The van der Waals surface area contributed by atoms with Crippen molar-refractivity contribution in [2.45, 2.75) is 13.0 Å². The third kappa shape index (κ3) is 6.37. The van der Waals surface area contributed by atoms with Gasteiger partial charge in [-0.3, -0.25) is 4.79 Å². The molecular formula is C31H30ClN3O3. The molecule has 0 spiro atoms. The van der Waals surface area contributed by atoms with Crippen LogP contribution in [0.4, 0.5) is 5.69 Å². The van der Waals surface area contributed by atoms with E-state index in [2.05, 4.69) is 29.7 Å². The lowest BCUT2D eigenvalue weighted by molar-refractivity contribution is -0.126. The lowest BCUT2D eigenvalue weighted by Crippen LogP contribution is -2.49. The average Bonchev–Trinajstić information content (AvgIpc) is 2.96. The van der Waals surface area contributed by atoms with Crippen LogP contribution in [0, 0.1) is 11.3 Å². The van der Waals surface area contributed by atoms with Crippen LogP contribution in [0.15, 0.2) is 85.0 Å². The van der Waals surface area contributed by atoms with Crippen molar-refractivity contribution in [2.24, 2.45) is 0 Å². The molecule has 0 radical (unpaired) electrons. The van der Waals surface area contributed by atoms with E-state index in [4.69, 9.17) is 21.1 Å². The SMILES string of the molecule is C=CCc1cc(/C=C(/C#N)C(=O)N2CCN(c3ccccc3)CC2)cc(OC)c1OCc1ccccc1Cl. The zero-order chi connectivity index (χ0) is 26.9. The Morgan fingerprint density at radius 1 is 1.05 bits per heavy atom. The number of halogens is 1. The average molecular weight is 528 g/mol. The molecule has 1 heterocycles. The molecule has 194 valence electrons. The number of hydrogen-bond donors (Lipinski definition) is 0. The number of nitriles is 1. The van der Waals surface area contributed by atoms with E-state index in [-0.39, 0.29) is 18.1 Å². The first-order chi connectivity index (χ1) is 18.5. The van der Waals surface area contributed by atoms with Crippen LogP contribution in [-0.4, -0.2) is 44.1 Å². The fraction of sp³-hybridized carbons (Fsp3) is 0.226. The summed E-state index contributed by atoms with van der Waals surface area (Å²) < 4.78 is 11.8. The molecule has 3 aromatic carbocycles. The van der Waals surface area contributed by atoms with E-state index in [1.807, 2.05) is 48.5 Å². The van der Waals surface area contributed by atoms with E-state index < -0.39 is 0 Å². The fourth-order valence-electron chi connectivity index (χ4n) is 4.44. The van der Waals surface area contributed by atoms with Gasteiger partial charge in [0.2, 0.25) is 0 Å². The Morgan fingerprint density at radius 3 is 2.42 bits per heavy atom. The molecule has 4 rings (SSSR count). The van der Waals surface area contributed by atoms with Gasteiger partial charge in [-0.25, -0.2) is 0 Å². The number of ether oxygens (including phenoxy) is 2. The van der Waals surface area contributed by atoms with Gasteiger partial charge in [0.05, 0.1) is 7.11 Å². The number of anilines is 1. The Labute approximate surface area is 229 Å². The summed E-state index contributed by atoms with van der Waals surface area (Å²) in [6, 6.07) is 23.4. The second kappa shape index (κ2) is 12.8. The maximum Gasteiger partial charge on any atom is 0.264 e. The highest BCUT2D eigenvalue weighted by Crippen LogP contribution is 2.35. The molecule has 0 unspecified atom stereocenters. The fourth-order valence-corrected chi connectivity index (χ4v) is 4.63. The maximum absolute atomic E-state index is 13.2. The lowest BCUT2D eigenvalue weighted by atomic mass is 10.0. The Morgan fingerprint density at radius 2 is 1.76 bits per heavy atom. The number of carbonyl (C=O) groups excluding carboxylic acids is 1. The van der Waals surface area contributed by atoms with E-state index in [0.717, 1.165) is 16.8 Å². The molecule has 0 aliphatic carbocycles. The molecule has 1 aliphatic rings. The first-order valence-electron chi connectivity index (χ1n) is 12.4. The number of rotatable bonds is 9. The van der Waals surface area contributed by atoms with Crippen LogP contribution >= 0.6 is 11.6 Å². The van der Waals surface area contributed by atoms with Gasteiger partial charge in [-0.1, -0.05) is 54.1 Å². The largest absolute Gasteiger partial charge is 0.493 e. The third-order valence-electron chi connectivity index (χ3n) is 6.42. The first-order valence-corrected chi connectivity index (χ1v) is 12.8. The second-order valence-electron chi connectivity index (χ2n) is 8.87. The molecule has 1 amide bonds. The summed E-state index contributed by atoms with van der Waals surface area (Å²) in [6.07, 6.45) is 3.90. The van der Waals surface area contributed by atoms with Crippen LogP contribution in [-0.2, 0) is 17.8 Å². The number of carbonyl (C=O) groups is 1. The number of benzene rings is 3. The number of para-hydroxylation sites is 1. The van der Waals surface area contributed by atoms with Gasteiger partial charge in [-0.2, -0.15) is 5.26 Å². The number of hydrogen-bond acceptors (Lipinski definition) is 5. The molecule has 0 N–H and O–H groups in total. The van der Waals surface area contributed by atoms with Gasteiger partial charge in [-0.05, 0) is 48.4 Å². The van der Waals surface area contributed by atoms with Gasteiger partial charge >= 0.3 is 0 Å². The summed E-state index contributed by atoms with van der Waals surface area (Å²) in [5, 5.41) is 10.5. The Balaban J connectivity index is 1.53. The van der Waals surface area contributed by atoms with Gasteiger partial charge in [-0.15, -0.1) is 6.58 Å². The molecule has 38 heavy (non-hydrogen) atoms. The molecule has 3 aromatic rings. The van der Waals surface area contributed by atoms with Crippen LogP contribution < -0.4 is 14.4 Å². The predicted molar refractivity (Wildman–Crippen MR) is 152 cm³/mol. The summed E-state index contributed by atoms with van der Waals surface area (Å²) in [5.41, 5.74) is 3.58. The van der Waals surface area contributed by atoms with Crippen molar-refractivity contribution in [3.63, 3.8) is 0 Å². The lowest BCUT2D eigenvalue weighted by Gasteiger charge is -2.36. The number of methoxy groups -OCH3 is 1. The molecule has 1 fully saturated rings. The molecule has 0 aromatic heterocycles. The normalized spacial score (nSPS) is 13.6. The Kier molecular flexibility index (Phi) is 9.07. The van der Waals surface area contributed by atoms with E-state index in [9.17, 15) is 10.1 Å². The van der Waals surface area contributed by atoms with Crippen molar-refractivity contribution < 1.29 is 14.3 Å². The molecule has 1 aliphatic heterocycles. The first kappa shape index (κ1) is 26.8. The summed E-state index contributed by atoms with van der Waals surface area (Å²) >= 11 is 6.29. The van der Waals surface area contributed by atoms with E-state index >= 15 is 0 Å². The van der Waals surface area contributed by atoms with Crippen LogP contribution in [0.1, 0.15) is 16.7 Å². The minimum absolute atomic E-state index is 0.0782. The smallest absolute Gasteiger partial charge is 0.264 e. The van der Waals surface area contributed by atoms with Gasteiger partial charge < -0.3 is 19.3 Å². The molecule has 0 bridgehead atoms. The monoisotopic (exact) mass is 527 g/mol. The minimum Gasteiger partial charge on any atom is -0.493 e. The number of allylic oxidation sites excluding steroid dienone is 1. The van der Waals surface area contributed by atoms with Crippen molar-refractivity contribution in [1.82, 2.24) is 4.90 Å². The summed E-state index contributed by atoms with van der Waals surface area (Å²) in [6.45, 7) is 6.65. The molecule has 1 saturated heterocycles. The van der Waals surface area contributed by atoms with E-state index in [0.29, 0.717) is 54.7 Å². The quantitative estimate of drug-likeness (QED) is 0.196. The summed E-state index contributed by atoms with van der Waals surface area (Å²) in [5.74, 6) is 0.804. The number of amides is 1. The van der Waals surface area contributed by atoms with Crippen molar-refractivity contribution in [3.05, 3.63) is 107 Å². The highest BCUT2D eigenvalue weighted by atomic mass is 35.5. The van der Waals surface area contributed by atoms with Crippen molar-refractivity contribution >= 4 is 29.3 Å². The maximum atomic E-state index is 13.2. The topological polar surface area (TPSA) is 65.8 Å². The van der Waals surface area contributed by atoms with E-state index in [1.54, 1.807) is 30.2 Å². The van der Waals surface area contributed by atoms with Crippen molar-refractivity contribution in [1.29, 1.82) is 5.26 Å². The van der Waals surface area contributed by atoms with Gasteiger partial charge in [0.1, 0.15) is 18.2 Å². The van der Waals surface area contributed by atoms with E-state index in [1.165, 1.54) is 0 Å². The standard InChI is InChI=1S/C31H30ClN3O3/c1-3-9-24-18-23(20-29(37-2)30(24)38-22-25-10-7-8-13-28(25)32)19-26(21-33)31(36)35-16-14-34(15-17-35)27-11-5-4-6-12-27/h3-8,10-13,18-20H,1,9,14-17,22H2,2H3/b26-19-. The molecule has 0 atom stereocenters. The third-order valence-corrected chi connectivity index (χ3v) is 6.79. The summed E-state index contributed by atoms with van der Waals surface area (Å²) in [7, 11) is 1.56. The minimum atomic E-state index is -0.275. The molecule has 0 saturated carbocycles. The highest BCUT2D eigenvalue weighted by Gasteiger charge is 2.24. The second-order valence-corrected chi connectivity index (χ2v) is 9.28. The van der Waals surface area contributed by atoms with Gasteiger partial charge in [0, 0.05) is 48.0 Å². The highest BCUT2D eigenvalue weighted by molar-refractivity contribution is 6.31. The van der Waals surface area contributed by atoms with Crippen LogP contribution in [0.25, 0.3) is 6.08 Å². The number of nitrogens with zero attached hydrogens (tertiary/aromatic N) is 3. The van der Waals surface area contributed by atoms with Crippen LogP contribution in [0.2, 0.25) is 5.02 Å². The zero-order valence-electron chi connectivity index (χ0n) is 21.4. The van der Waals surface area contributed by atoms with Crippen molar-refractivity contribution in [3.8, 4) is 17.6 Å². The van der Waals surface area contributed by atoms with Crippen LogP contribution in [0.5, 0.6) is 11.5 Å². The van der Waals surface area contributed by atoms with Crippen molar-refractivity contribution in [2.75, 3.05) is 38.2 Å². The summed E-state index contributed by atoms with van der Waals surface area (Å²) in [4.78, 5) is 17.2. The predicted octanol–water partition coefficient (Wildman–Crippen LogP) is 5.91. The van der Waals surface area contributed by atoms with Crippen LogP contribution in [0.3, 0.4) is 0 Å². The van der Waals surface area contributed by atoms with Gasteiger partial charge in [0.25, 0.3) is 5.91 Å².